The molecule has 0 saturated heterocycles. The zero-order valence-electron chi connectivity index (χ0n) is 14.4. The van der Waals surface area contributed by atoms with Gasteiger partial charge in [-0.25, -0.2) is 12.8 Å². The molecule has 0 saturated carbocycles. The number of nitrogens with zero attached hydrogens (tertiary/aromatic N) is 1. The first-order valence-electron chi connectivity index (χ1n) is 7.80. The highest BCUT2D eigenvalue weighted by Gasteiger charge is 2.31. The highest BCUT2D eigenvalue weighted by molar-refractivity contribution is 7.91. The van der Waals surface area contributed by atoms with E-state index in [2.05, 4.69) is 10.3 Å². The van der Waals surface area contributed by atoms with Gasteiger partial charge in [0, 0.05) is 24.4 Å². The Hall–Kier alpha value is -2.28. The minimum atomic E-state index is -3.83. The van der Waals surface area contributed by atoms with E-state index in [-0.39, 0.29) is 17.3 Å². The smallest absolute Gasteiger partial charge is 0.225 e. The van der Waals surface area contributed by atoms with Gasteiger partial charge in [-0.2, -0.15) is 0 Å². The van der Waals surface area contributed by atoms with Crippen LogP contribution in [0, 0.1) is 11.2 Å². The first-order chi connectivity index (χ1) is 11.6. The average molecular weight is 364 g/mol. The molecule has 1 aromatic carbocycles. The molecule has 2 aromatic rings. The predicted molar refractivity (Wildman–Crippen MR) is 93.0 cm³/mol. The molecule has 1 amide bonds. The molecule has 134 valence electrons. The van der Waals surface area contributed by atoms with Gasteiger partial charge in [-0.1, -0.05) is 26.8 Å². The van der Waals surface area contributed by atoms with Crippen LogP contribution in [0.15, 0.2) is 53.7 Å². The van der Waals surface area contributed by atoms with Gasteiger partial charge in [0.1, 0.15) is 11.1 Å². The van der Waals surface area contributed by atoms with Crippen molar-refractivity contribution in [3.05, 3.63) is 60.2 Å². The van der Waals surface area contributed by atoms with E-state index in [0.717, 1.165) is 12.1 Å². The quantitative estimate of drug-likeness (QED) is 0.828. The molecule has 5 nitrogen and oxygen atoms in total. The van der Waals surface area contributed by atoms with Crippen LogP contribution in [0.4, 0.5) is 4.39 Å². The molecule has 1 atom stereocenters. The van der Waals surface area contributed by atoms with Crippen molar-refractivity contribution < 1.29 is 17.6 Å². The topological polar surface area (TPSA) is 76.1 Å². The minimum absolute atomic E-state index is 0.00670. The zero-order valence-corrected chi connectivity index (χ0v) is 15.2. The molecule has 0 spiro atoms. The summed E-state index contributed by atoms with van der Waals surface area (Å²) in [6, 6.07) is 7.91. The zero-order chi connectivity index (χ0) is 18.7. The van der Waals surface area contributed by atoms with Gasteiger partial charge in [0.25, 0.3) is 0 Å². The maximum absolute atomic E-state index is 13.1. The maximum Gasteiger partial charge on any atom is 0.225 e. The molecule has 0 bridgehead atoms. The molecule has 25 heavy (non-hydrogen) atoms. The van der Waals surface area contributed by atoms with Crippen molar-refractivity contribution in [2.75, 3.05) is 6.54 Å². The lowest BCUT2D eigenvalue weighted by molar-refractivity contribution is -0.128. The number of benzene rings is 1. The van der Waals surface area contributed by atoms with Gasteiger partial charge in [0.2, 0.25) is 5.91 Å². The van der Waals surface area contributed by atoms with E-state index in [1.165, 1.54) is 18.3 Å². The molecule has 2 rings (SSSR count). The highest BCUT2D eigenvalue weighted by atomic mass is 32.2. The molecule has 0 aliphatic carbocycles. The summed E-state index contributed by atoms with van der Waals surface area (Å²) in [7, 11) is -3.83. The van der Waals surface area contributed by atoms with E-state index in [1.54, 1.807) is 39.1 Å². The SMILES string of the molecule is CC(C)(C)C(=O)NC[C@H](c1cccnc1)S(=O)(=O)c1ccc(F)cc1. The number of aromatic nitrogens is 1. The summed E-state index contributed by atoms with van der Waals surface area (Å²) in [5, 5.41) is 1.67. The molecule has 7 heteroatoms. The number of hydrogen-bond acceptors (Lipinski definition) is 4. The third kappa shape index (κ3) is 4.63. The molecular formula is C18H21FN2O3S. The average Bonchev–Trinajstić information content (AvgIpc) is 2.55. The first kappa shape index (κ1) is 19.1. The van der Waals surface area contributed by atoms with Gasteiger partial charge in [-0.15, -0.1) is 0 Å². The fraction of sp³-hybridized carbons (Fsp3) is 0.333. The largest absolute Gasteiger partial charge is 0.354 e. The second-order valence-electron chi connectivity index (χ2n) is 6.73. The van der Waals surface area contributed by atoms with Gasteiger partial charge in [-0.05, 0) is 35.9 Å². The summed E-state index contributed by atoms with van der Waals surface area (Å²) in [4.78, 5) is 16.1. The van der Waals surface area contributed by atoms with Crippen LogP contribution >= 0.6 is 0 Å². The number of amides is 1. The number of pyridine rings is 1. The second kappa shape index (κ2) is 7.31. The summed E-state index contributed by atoms with van der Waals surface area (Å²) >= 11 is 0. The van der Waals surface area contributed by atoms with Crippen LogP contribution in [0.1, 0.15) is 31.6 Å². The molecule has 0 aliphatic rings. The van der Waals surface area contributed by atoms with Crippen molar-refractivity contribution in [3.8, 4) is 0 Å². The van der Waals surface area contributed by atoms with E-state index < -0.39 is 26.3 Å². The number of sulfone groups is 1. The number of hydrogen-bond donors (Lipinski definition) is 1. The second-order valence-corrected chi connectivity index (χ2v) is 8.86. The van der Waals surface area contributed by atoms with Gasteiger partial charge >= 0.3 is 0 Å². The number of halogens is 1. The van der Waals surface area contributed by atoms with Crippen LogP contribution in [-0.2, 0) is 14.6 Å². The monoisotopic (exact) mass is 364 g/mol. The fourth-order valence-corrected chi connectivity index (χ4v) is 3.86. The Kier molecular flexibility index (Phi) is 5.57. The Morgan fingerprint density at radius 1 is 1.20 bits per heavy atom. The molecule has 1 N–H and O–H groups in total. The van der Waals surface area contributed by atoms with Crippen molar-refractivity contribution in [3.63, 3.8) is 0 Å². The Bertz CT molecular complexity index is 829. The van der Waals surface area contributed by atoms with Crippen LogP contribution in [0.25, 0.3) is 0 Å². The maximum atomic E-state index is 13.1. The van der Waals surface area contributed by atoms with E-state index in [0.29, 0.717) is 5.56 Å². The van der Waals surface area contributed by atoms with E-state index in [1.807, 2.05) is 0 Å². The Balaban J connectivity index is 2.38. The predicted octanol–water partition coefficient (Wildman–Crippen LogP) is 2.90. The Morgan fingerprint density at radius 2 is 1.84 bits per heavy atom. The van der Waals surface area contributed by atoms with Crippen LogP contribution in [-0.4, -0.2) is 25.9 Å². The molecule has 0 fully saturated rings. The lowest BCUT2D eigenvalue weighted by Gasteiger charge is -2.22. The number of rotatable bonds is 5. The number of carbonyl (C=O) groups excluding carboxylic acids is 1. The molecular weight excluding hydrogens is 343 g/mol. The summed E-state index contributed by atoms with van der Waals surface area (Å²) in [6.07, 6.45) is 2.99. The van der Waals surface area contributed by atoms with E-state index in [4.69, 9.17) is 0 Å². The van der Waals surface area contributed by atoms with Crippen LogP contribution in [0.3, 0.4) is 0 Å². The summed E-state index contributed by atoms with van der Waals surface area (Å²) in [5.74, 6) is -0.770. The molecule has 1 heterocycles. The summed E-state index contributed by atoms with van der Waals surface area (Å²) < 4.78 is 39.1. The molecule has 1 aromatic heterocycles. The van der Waals surface area contributed by atoms with Crippen LogP contribution in [0.5, 0.6) is 0 Å². The van der Waals surface area contributed by atoms with Crippen molar-refractivity contribution in [2.45, 2.75) is 30.9 Å². The normalized spacial score (nSPS) is 13.3. The van der Waals surface area contributed by atoms with Gasteiger partial charge < -0.3 is 5.32 Å². The lowest BCUT2D eigenvalue weighted by atomic mass is 9.95. The highest BCUT2D eigenvalue weighted by Crippen LogP contribution is 2.28. The fourth-order valence-electron chi connectivity index (χ4n) is 2.21. The van der Waals surface area contributed by atoms with E-state index in [9.17, 15) is 17.6 Å². The van der Waals surface area contributed by atoms with Gasteiger partial charge in [0.15, 0.2) is 9.84 Å². The third-order valence-electron chi connectivity index (χ3n) is 3.70. The van der Waals surface area contributed by atoms with Crippen molar-refractivity contribution in [2.24, 2.45) is 5.41 Å². The van der Waals surface area contributed by atoms with Crippen molar-refractivity contribution >= 4 is 15.7 Å². The Labute approximate surface area is 147 Å². The molecule has 0 radical (unpaired) electrons. The molecule has 0 aliphatic heterocycles. The van der Waals surface area contributed by atoms with Gasteiger partial charge in [-0.3, -0.25) is 9.78 Å². The summed E-state index contributed by atoms with van der Waals surface area (Å²) in [6.45, 7) is 5.14. The van der Waals surface area contributed by atoms with Crippen LogP contribution < -0.4 is 5.32 Å². The standard InChI is InChI=1S/C18H21FN2O3S/c1-18(2,3)17(22)21-12-16(13-5-4-10-20-11-13)25(23,24)15-8-6-14(19)7-9-15/h4-11,16H,12H2,1-3H3,(H,21,22)/t16-/m1/s1. The Morgan fingerprint density at radius 3 is 2.36 bits per heavy atom. The van der Waals surface area contributed by atoms with Crippen molar-refractivity contribution in [1.29, 1.82) is 0 Å². The minimum Gasteiger partial charge on any atom is -0.354 e. The molecule has 0 unspecified atom stereocenters. The first-order valence-corrected chi connectivity index (χ1v) is 9.34. The van der Waals surface area contributed by atoms with Crippen LogP contribution in [0.2, 0.25) is 0 Å². The van der Waals surface area contributed by atoms with E-state index >= 15 is 0 Å². The summed E-state index contributed by atoms with van der Waals surface area (Å²) in [5.41, 5.74) is -0.180. The van der Waals surface area contributed by atoms with Gasteiger partial charge in [0.05, 0.1) is 4.90 Å². The van der Waals surface area contributed by atoms with Crippen molar-refractivity contribution in [1.82, 2.24) is 10.3 Å². The number of nitrogens with one attached hydrogen (secondary N) is 1. The number of carbonyl (C=O) groups is 1. The third-order valence-corrected chi connectivity index (χ3v) is 5.82. The lowest BCUT2D eigenvalue weighted by Crippen LogP contribution is -2.38.